The average Bonchev–Trinajstić information content (AvgIpc) is 3.36. The van der Waals surface area contributed by atoms with Crippen LogP contribution in [0.15, 0.2) is 77.9 Å². The quantitative estimate of drug-likeness (QED) is 0.471. The molecule has 2 aliphatic heterocycles. The van der Waals surface area contributed by atoms with E-state index in [1.54, 1.807) is 12.1 Å². The van der Waals surface area contributed by atoms with Gasteiger partial charge in [0.2, 0.25) is 0 Å². The Balaban J connectivity index is 1.29. The van der Waals surface area contributed by atoms with Crippen LogP contribution in [0.25, 0.3) is 0 Å². The molecule has 0 radical (unpaired) electrons. The molecule has 6 heteroatoms. The number of carbonyl (C=O) groups is 1. The third-order valence-electron chi connectivity index (χ3n) is 7.43. The van der Waals surface area contributed by atoms with Crippen molar-refractivity contribution >= 4 is 11.6 Å². The summed E-state index contributed by atoms with van der Waals surface area (Å²) >= 11 is 0. The molecule has 2 heterocycles. The van der Waals surface area contributed by atoms with E-state index in [1.807, 2.05) is 24.3 Å². The third kappa shape index (κ3) is 5.92. The van der Waals surface area contributed by atoms with Gasteiger partial charge in [-0.15, -0.1) is 0 Å². The first kappa shape index (κ1) is 25.2. The minimum absolute atomic E-state index is 0.0529. The minimum atomic E-state index is -0.117. The van der Waals surface area contributed by atoms with Crippen molar-refractivity contribution in [3.05, 3.63) is 101 Å². The van der Waals surface area contributed by atoms with Gasteiger partial charge in [0.15, 0.2) is 0 Å². The van der Waals surface area contributed by atoms with E-state index in [9.17, 15) is 4.79 Å². The SMILES string of the molecule is COc1ccc(C2CC(c3ccc(C)cc3C)=NN2C(=O)CN2CCN(Cc3ccccc3)CC2)cc1. The zero-order valence-electron chi connectivity index (χ0n) is 22.1. The highest BCUT2D eigenvalue weighted by Crippen LogP contribution is 2.34. The fraction of sp³-hybridized carbons (Fsp3) is 0.355. The van der Waals surface area contributed by atoms with Gasteiger partial charge in [-0.1, -0.05) is 66.2 Å². The highest BCUT2D eigenvalue weighted by molar-refractivity contribution is 6.04. The van der Waals surface area contributed by atoms with Gasteiger partial charge in [-0.3, -0.25) is 14.6 Å². The van der Waals surface area contributed by atoms with Crippen LogP contribution in [0.5, 0.6) is 5.75 Å². The molecule has 1 amide bonds. The van der Waals surface area contributed by atoms with Crippen LogP contribution in [0.1, 0.15) is 40.3 Å². The molecule has 1 saturated heterocycles. The monoisotopic (exact) mass is 496 g/mol. The van der Waals surface area contributed by atoms with Crippen LogP contribution in [-0.4, -0.2) is 66.3 Å². The number of benzene rings is 3. The van der Waals surface area contributed by atoms with E-state index in [0.29, 0.717) is 13.0 Å². The van der Waals surface area contributed by atoms with Crippen LogP contribution in [-0.2, 0) is 11.3 Å². The van der Waals surface area contributed by atoms with Crippen LogP contribution in [0, 0.1) is 13.8 Å². The van der Waals surface area contributed by atoms with E-state index in [2.05, 4.69) is 72.2 Å². The van der Waals surface area contributed by atoms with Gasteiger partial charge in [-0.2, -0.15) is 5.10 Å². The molecule has 0 bridgehead atoms. The van der Waals surface area contributed by atoms with Gasteiger partial charge < -0.3 is 4.74 Å². The Morgan fingerprint density at radius 1 is 0.919 bits per heavy atom. The first-order valence-corrected chi connectivity index (χ1v) is 13.1. The molecule has 3 aromatic rings. The lowest BCUT2D eigenvalue weighted by Crippen LogP contribution is -2.49. The number of hydrogen-bond acceptors (Lipinski definition) is 5. The van der Waals surface area contributed by atoms with Crippen molar-refractivity contribution in [2.24, 2.45) is 5.10 Å². The molecule has 192 valence electrons. The molecular formula is C31H36N4O2. The molecule has 2 aliphatic rings. The number of nitrogens with zero attached hydrogens (tertiary/aromatic N) is 4. The first-order valence-electron chi connectivity index (χ1n) is 13.1. The Hall–Kier alpha value is -3.48. The Bertz CT molecular complexity index is 1250. The number of ether oxygens (including phenoxy) is 1. The number of carbonyl (C=O) groups excluding carboxylic acids is 1. The molecule has 6 nitrogen and oxygen atoms in total. The van der Waals surface area contributed by atoms with Crippen molar-refractivity contribution in [1.82, 2.24) is 14.8 Å². The number of methoxy groups -OCH3 is 1. The van der Waals surface area contributed by atoms with E-state index in [4.69, 9.17) is 9.84 Å². The number of aryl methyl sites for hydroxylation is 2. The summed E-state index contributed by atoms with van der Waals surface area (Å²) in [6.45, 7) is 9.24. The Kier molecular flexibility index (Phi) is 7.68. The second-order valence-corrected chi connectivity index (χ2v) is 10.1. The summed E-state index contributed by atoms with van der Waals surface area (Å²) < 4.78 is 5.35. The molecule has 37 heavy (non-hydrogen) atoms. The molecule has 3 aromatic carbocycles. The summed E-state index contributed by atoms with van der Waals surface area (Å²) in [7, 11) is 1.67. The fourth-order valence-corrected chi connectivity index (χ4v) is 5.34. The molecule has 1 fully saturated rings. The van der Waals surface area contributed by atoms with Gasteiger partial charge in [0.25, 0.3) is 5.91 Å². The summed E-state index contributed by atoms with van der Waals surface area (Å²) in [4.78, 5) is 18.4. The highest BCUT2D eigenvalue weighted by atomic mass is 16.5. The van der Waals surface area contributed by atoms with Crippen LogP contribution in [0.4, 0.5) is 0 Å². The predicted molar refractivity (Wildman–Crippen MR) is 148 cm³/mol. The maximum absolute atomic E-state index is 13.6. The van der Waals surface area contributed by atoms with E-state index in [-0.39, 0.29) is 11.9 Å². The number of rotatable bonds is 7. The zero-order chi connectivity index (χ0) is 25.8. The first-order chi connectivity index (χ1) is 18.0. The highest BCUT2D eigenvalue weighted by Gasteiger charge is 2.34. The van der Waals surface area contributed by atoms with Crippen molar-refractivity contribution in [3.63, 3.8) is 0 Å². The van der Waals surface area contributed by atoms with Gasteiger partial charge in [0, 0.05) is 44.7 Å². The van der Waals surface area contributed by atoms with Crippen LogP contribution >= 0.6 is 0 Å². The normalized spacial score (nSPS) is 18.6. The van der Waals surface area contributed by atoms with Crippen molar-refractivity contribution < 1.29 is 9.53 Å². The molecule has 0 saturated carbocycles. The molecule has 5 rings (SSSR count). The lowest BCUT2D eigenvalue weighted by atomic mass is 9.95. The number of piperazine rings is 1. The van der Waals surface area contributed by atoms with Gasteiger partial charge >= 0.3 is 0 Å². The molecular weight excluding hydrogens is 460 g/mol. The van der Waals surface area contributed by atoms with E-state index >= 15 is 0 Å². The summed E-state index contributed by atoms with van der Waals surface area (Å²) in [5.74, 6) is 0.862. The van der Waals surface area contributed by atoms with Crippen molar-refractivity contribution in [1.29, 1.82) is 0 Å². The molecule has 0 aromatic heterocycles. The summed E-state index contributed by atoms with van der Waals surface area (Å²) in [6, 6.07) is 24.9. The third-order valence-corrected chi connectivity index (χ3v) is 7.43. The summed E-state index contributed by atoms with van der Waals surface area (Å²) in [6.07, 6.45) is 0.701. The molecule has 0 aliphatic carbocycles. The van der Waals surface area contributed by atoms with Crippen molar-refractivity contribution in [3.8, 4) is 5.75 Å². The standard InChI is InChI=1S/C31H36N4O2/c1-23-9-14-28(24(2)19-23)29-20-30(26-10-12-27(37-3)13-11-26)35(32-29)31(36)22-34-17-15-33(16-18-34)21-25-7-5-4-6-8-25/h4-14,19,30H,15-18,20-22H2,1-3H3. The second kappa shape index (κ2) is 11.3. The number of hydrogen-bond donors (Lipinski definition) is 0. The van der Waals surface area contributed by atoms with E-state index in [0.717, 1.165) is 55.3 Å². The van der Waals surface area contributed by atoms with Crippen LogP contribution in [0.2, 0.25) is 0 Å². The maximum atomic E-state index is 13.6. The number of hydrazone groups is 1. The predicted octanol–water partition coefficient (Wildman–Crippen LogP) is 4.81. The van der Waals surface area contributed by atoms with Crippen molar-refractivity contribution in [2.45, 2.75) is 32.9 Å². The lowest BCUT2D eigenvalue weighted by Gasteiger charge is -2.35. The van der Waals surface area contributed by atoms with Crippen LogP contribution < -0.4 is 4.74 Å². The molecule has 1 unspecified atom stereocenters. The van der Waals surface area contributed by atoms with Crippen LogP contribution in [0.3, 0.4) is 0 Å². The maximum Gasteiger partial charge on any atom is 0.257 e. The zero-order valence-corrected chi connectivity index (χ0v) is 22.1. The Labute approximate surface area is 220 Å². The van der Waals surface area contributed by atoms with Gasteiger partial charge in [-0.05, 0) is 42.7 Å². The molecule has 0 spiro atoms. The second-order valence-electron chi connectivity index (χ2n) is 10.1. The van der Waals surface area contributed by atoms with Gasteiger partial charge in [-0.25, -0.2) is 5.01 Å². The fourth-order valence-electron chi connectivity index (χ4n) is 5.34. The smallest absolute Gasteiger partial charge is 0.257 e. The van der Waals surface area contributed by atoms with Gasteiger partial charge in [0.1, 0.15) is 5.75 Å². The summed E-state index contributed by atoms with van der Waals surface area (Å²) in [5, 5.41) is 6.65. The lowest BCUT2D eigenvalue weighted by molar-refractivity contribution is -0.134. The Morgan fingerprint density at radius 3 is 2.30 bits per heavy atom. The van der Waals surface area contributed by atoms with Gasteiger partial charge in [0.05, 0.1) is 25.4 Å². The average molecular weight is 497 g/mol. The molecule has 0 N–H and O–H groups in total. The minimum Gasteiger partial charge on any atom is -0.497 e. The topological polar surface area (TPSA) is 48.4 Å². The number of amides is 1. The largest absolute Gasteiger partial charge is 0.497 e. The van der Waals surface area contributed by atoms with E-state index < -0.39 is 0 Å². The Morgan fingerprint density at radius 2 is 1.62 bits per heavy atom. The summed E-state index contributed by atoms with van der Waals surface area (Å²) in [5.41, 5.74) is 6.92. The van der Waals surface area contributed by atoms with E-state index in [1.165, 1.54) is 16.7 Å². The molecule has 1 atom stereocenters. The van der Waals surface area contributed by atoms with Crippen molar-refractivity contribution in [2.75, 3.05) is 39.8 Å².